The summed E-state index contributed by atoms with van der Waals surface area (Å²) in [5.41, 5.74) is -1.78. The van der Waals surface area contributed by atoms with Gasteiger partial charge in [0.2, 0.25) is 0 Å². The zero-order chi connectivity index (χ0) is 15.0. The van der Waals surface area contributed by atoms with Crippen molar-refractivity contribution >= 4 is 23.4 Å². The predicted octanol–water partition coefficient (Wildman–Crippen LogP) is 1.97. The molecule has 1 atom stereocenters. The van der Waals surface area contributed by atoms with E-state index in [2.05, 4.69) is 5.32 Å². The zero-order valence-corrected chi connectivity index (χ0v) is 10.9. The smallest absolute Gasteiger partial charge is 0.363 e. The van der Waals surface area contributed by atoms with Crippen molar-refractivity contribution in [3.63, 3.8) is 0 Å². The summed E-state index contributed by atoms with van der Waals surface area (Å²) in [4.78, 5) is 24.8. The fraction of sp³-hybridized carbons (Fsp3) is 0.0667. The molecular weight excluding hydrogens is 272 g/mol. The van der Waals surface area contributed by atoms with Crippen LogP contribution in [0.15, 0.2) is 54.6 Å². The number of aliphatic carboxylic acids is 1. The number of carboxylic acids is 1. The highest BCUT2D eigenvalue weighted by Gasteiger charge is 2.52. The topological polar surface area (TPSA) is 89.9 Å². The van der Waals surface area contributed by atoms with Crippen LogP contribution >= 0.6 is 0 Å². The van der Waals surface area contributed by atoms with Gasteiger partial charge >= 0.3 is 12.0 Å². The van der Waals surface area contributed by atoms with E-state index in [9.17, 15) is 19.8 Å². The summed E-state index contributed by atoms with van der Waals surface area (Å²) in [6.45, 7) is 0. The number of rotatable bonds is 2. The molecule has 2 aromatic rings. The van der Waals surface area contributed by atoms with Gasteiger partial charge in [-0.1, -0.05) is 36.4 Å². The van der Waals surface area contributed by atoms with E-state index in [1.165, 1.54) is 6.07 Å². The normalized spacial score (nSPS) is 20.6. The molecule has 0 fully saturated rings. The van der Waals surface area contributed by atoms with Crippen molar-refractivity contribution in [3.05, 3.63) is 60.2 Å². The van der Waals surface area contributed by atoms with Crippen LogP contribution in [0.3, 0.4) is 0 Å². The highest BCUT2D eigenvalue weighted by Crippen LogP contribution is 2.39. The molecule has 6 heteroatoms. The monoisotopic (exact) mass is 284 g/mol. The number of carbonyl (C=O) groups excluding carboxylic acids is 1. The number of para-hydroxylation sites is 2. The standard InChI is InChI=1S/C15H12N2O4/c18-13(19)15(21)11-8-4-5-9-12(11)16-14(20)17(15)10-6-2-1-3-7-10/h1-9,21H,(H,16,20)(H,18,19)/t15-/m1/s1. The molecule has 3 rings (SSSR count). The van der Waals surface area contributed by atoms with E-state index in [-0.39, 0.29) is 16.9 Å². The van der Waals surface area contributed by atoms with Gasteiger partial charge in [-0.05, 0) is 18.2 Å². The van der Waals surface area contributed by atoms with E-state index in [4.69, 9.17) is 0 Å². The molecule has 0 aromatic heterocycles. The summed E-state index contributed by atoms with van der Waals surface area (Å²) in [5.74, 6) is -1.52. The molecule has 1 aliphatic heterocycles. The van der Waals surface area contributed by atoms with Gasteiger partial charge in [0.15, 0.2) is 0 Å². The Morgan fingerprint density at radius 3 is 2.33 bits per heavy atom. The van der Waals surface area contributed by atoms with Gasteiger partial charge in [-0.15, -0.1) is 0 Å². The van der Waals surface area contributed by atoms with E-state index in [0.29, 0.717) is 0 Å². The van der Waals surface area contributed by atoms with Crippen LogP contribution in [0.25, 0.3) is 0 Å². The number of anilines is 2. The average molecular weight is 284 g/mol. The molecule has 0 unspecified atom stereocenters. The Hall–Kier alpha value is -2.86. The van der Waals surface area contributed by atoms with E-state index in [0.717, 1.165) is 4.90 Å². The van der Waals surface area contributed by atoms with Gasteiger partial charge in [-0.25, -0.2) is 9.59 Å². The molecule has 0 bridgehead atoms. The van der Waals surface area contributed by atoms with E-state index in [1.54, 1.807) is 48.5 Å². The fourth-order valence-electron chi connectivity index (χ4n) is 2.43. The van der Waals surface area contributed by atoms with Crippen molar-refractivity contribution in [2.75, 3.05) is 10.2 Å². The highest BCUT2D eigenvalue weighted by molar-refractivity contribution is 6.10. The van der Waals surface area contributed by atoms with Gasteiger partial charge < -0.3 is 15.5 Å². The van der Waals surface area contributed by atoms with Gasteiger partial charge in [0, 0.05) is 11.3 Å². The molecular formula is C15H12N2O4. The molecule has 1 heterocycles. The van der Waals surface area contributed by atoms with Crippen LogP contribution in [0, 0.1) is 0 Å². The number of fused-ring (bicyclic) bond motifs is 1. The molecule has 21 heavy (non-hydrogen) atoms. The van der Waals surface area contributed by atoms with Gasteiger partial charge in [0.1, 0.15) is 0 Å². The predicted molar refractivity (Wildman–Crippen MR) is 75.9 cm³/mol. The van der Waals surface area contributed by atoms with Gasteiger partial charge in [-0.2, -0.15) is 0 Å². The van der Waals surface area contributed by atoms with Gasteiger partial charge in [0.25, 0.3) is 5.72 Å². The second kappa shape index (κ2) is 4.60. The molecule has 6 nitrogen and oxygen atoms in total. The highest BCUT2D eigenvalue weighted by atomic mass is 16.4. The van der Waals surface area contributed by atoms with Crippen molar-refractivity contribution in [2.45, 2.75) is 5.72 Å². The number of nitrogens with one attached hydrogen (secondary N) is 1. The number of hydrogen-bond acceptors (Lipinski definition) is 3. The van der Waals surface area contributed by atoms with Gasteiger partial charge in [0.05, 0.1) is 5.69 Å². The largest absolute Gasteiger partial charge is 0.477 e. The van der Waals surface area contributed by atoms with Crippen molar-refractivity contribution < 1.29 is 19.8 Å². The average Bonchev–Trinajstić information content (AvgIpc) is 2.48. The molecule has 0 saturated heterocycles. The Bertz CT molecular complexity index is 717. The third kappa shape index (κ3) is 1.85. The van der Waals surface area contributed by atoms with Crippen molar-refractivity contribution in [1.82, 2.24) is 0 Å². The first kappa shape index (κ1) is 13.1. The number of urea groups is 1. The maximum absolute atomic E-state index is 12.3. The minimum atomic E-state index is -2.46. The van der Waals surface area contributed by atoms with Crippen LogP contribution in [0.2, 0.25) is 0 Å². The number of carboxylic acid groups (broad SMARTS) is 1. The second-order valence-corrected chi connectivity index (χ2v) is 4.62. The first-order chi connectivity index (χ1) is 10.0. The van der Waals surface area contributed by atoms with Crippen molar-refractivity contribution in [3.8, 4) is 0 Å². The van der Waals surface area contributed by atoms with Gasteiger partial charge in [-0.3, -0.25) is 4.90 Å². The first-order valence-electron chi connectivity index (χ1n) is 6.26. The third-order valence-corrected chi connectivity index (χ3v) is 3.38. The Morgan fingerprint density at radius 2 is 1.67 bits per heavy atom. The lowest BCUT2D eigenvalue weighted by Gasteiger charge is -2.40. The summed E-state index contributed by atoms with van der Waals surface area (Å²) in [6, 6.07) is 13.7. The summed E-state index contributed by atoms with van der Waals surface area (Å²) >= 11 is 0. The maximum atomic E-state index is 12.3. The third-order valence-electron chi connectivity index (χ3n) is 3.38. The number of nitrogens with zero attached hydrogens (tertiary/aromatic N) is 1. The van der Waals surface area contributed by atoms with E-state index < -0.39 is 17.7 Å². The van der Waals surface area contributed by atoms with E-state index >= 15 is 0 Å². The second-order valence-electron chi connectivity index (χ2n) is 4.62. The summed E-state index contributed by atoms with van der Waals surface area (Å²) < 4.78 is 0. The SMILES string of the molecule is O=C1Nc2ccccc2[C@@](O)(C(=O)O)N1c1ccccc1. The lowest BCUT2D eigenvalue weighted by Crippen LogP contribution is -2.59. The molecule has 0 radical (unpaired) electrons. The molecule has 0 aliphatic carbocycles. The molecule has 2 amide bonds. The molecule has 1 aliphatic rings. The quantitative estimate of drug-likeness (QED) is 0.786. The summed E-state index contributed by atoms with van der Waals surface area (Å²) in [5, 5.41) is 22.9. The Kier molecular flexibility index (Phi) is 2.88. The Balaban J connectivity index is 2.25. The number of benzene rings is 2. The van der Waals surface area contributed by atoms with Crippen molar-refractivity contribution in [1.29, 1.82) is 0 Å². The molecule has 0 saturated carbocycles. The van der Waals surface area contributed by atoms with Crippen LogP contribution < -0.4 is 10.2 Å². The number of carbonyl (C=O) groups is 2. The van der Waals surface area contributed by atoms with Crippen LogP contribution in [0.4, 0.5) is 16.2 Å². The number of hydrogen-bond donors (Lipinski definition) is 3. The summed E-state index contributed by atoms with van der Waals surface area (Å²) in [6.07, 6.45) is 0. The minimum absolute atomic E-state index is 0.112. The van der Waals surface area contributed by atoms with Crippen LogP contribution in [-0.2, 0) is 10.5 Å². The lowest BCUT2D eigenvalue weighted by molar-refractivity contribution is -0.158. The molecule has 0 spiro atoms. The van der Waals surface area contributed by atoms with Crippen molar-refractivity contribution in [2.24, 2.45) is 0 Å². The Morgan fingerprint density at radius 1 is 1.05 bits per heavy atom. The zero-order valence-electron chi connectivity index (χ0n) is 10.9. The lowest BCUT2D eigenvalue weighted by atomic mass is 9.96. The summed E-state index contributed by atoms with van der Waals surface area (Å²) in [7, 11) is 0. The molecule has 106 valence electrons. The first-order valence-corrected chi connectivity index (χ1v) is 6.26. The van der Waals surface area contributed by atoms with Crippen LogP contribution in [0.1, 0.15) is 5.56 Å². The number of amides is 2. The molecule has 3 N–H and O–H groups in total. The van der Waals surface area contributed by atoms with Crippen LogP contribution in [-0.4, -0.2) is 22.2 Å². The maximum Gasteiger partial charge on any atom is 0.363 e. The fourth-order valence-corrected chi connectivity index (χ4v) is 2.43. The number of aliphatic hydroxyl groups is 1. The minimum Gasteiger partial charge on any atom is -0.477 e. The molecule has 2 aromatic carbocycles. The Labute approximate surface area is 120 Å². The van der Waals surface area contributed by atoms with E-state index in [1.807, 2.05) is 0 Å². The van der Waals surface area contributed by atoms with Crippen LogP contribution in [0.5, 0.6) is 0 Å².